The van der Waals surface area contributed by atoms with Crippen molar-refractivity contribution in [3.05, 3.63) is 59.6 Å². The summed E-state index contributed by atoms with van der Waals surface area (Å²) in [6.07, 6.45) is 1.75. The molecule has 3 heterocycles. The van der Waals surface area contributed by atoms with Crippen LogP contribution in [0.25, 0.3) is 11.3 Å². The number of benzene rings is 2. The van der Waals surface area contributed by atoms with Gasteiger partial charge in [-0.25, -0.2) is 0 Å². The number of piperidine rings is 1. The molecule has 0 saturated carbocycles. The van der Waals surface area contributed by atoms with Crippen molar-refractivity contribution < 1.29 is 14.3 Å². The molecule has 8 heteroatoms. The first kappa shape index (κ1) is 19.6. The van der Waals surface area contributed by atoms with E-state index in [2.05, 4.69) is 20.4 Å². The molecule has 7 nitrogen and oxygen atoms in total. The number of aromatic nitrogens is 2. The number of hydrogen-bond donors (Lipinski definition) is 1. The van der Waals surface area contributed by atoms with E-state index in [1.807, 2.05) is 48.5 Å². The second kappa shape index (κ2) is 8.43. The molecule has 1 unspecified atom stereocenters. The van der Waals surface area contributed by atoms with E-state index in [0.717, 1.165) is 36.5 Å². The van der Waals surface area contributed by atoms with Crippen LogP contribution in [-0.4, -0.2) is 36.0 Å². The maximum absolute atomic E-state index is 12.9. The Morgan fingerprint density at radius 1 is 1.03 bits per heavy atom. The van der Waals surface area contributed by atoms with Gasteiger partial charge in [-0.05, 0) is 49.2 Å². The number of carbonyl (C=O) groups excluding carboxylic acids is 1. The molecule has 31 heavy (non-hydrogen) atoms. The van der Waals surface area contributed by atoms with Gasteiger partial charge in [-0.2, -0.15) is 0 Å². The standard InChI is InChI=1S/C23H21ClN4O3/c24-17-5-3-15(4-6-17)19-8-10-22(27-26-19)28-11-1-2-16(13-28)23(29)25-18-7-9-20-21(12-18)31-14-30-20/h3-10,12,16H,1-2,11,13-14H2,(H,25,29). The van der Waals surface area contributed by atoms with Crippen LogP contribution in [0.2, 0.25) is 5.02 Å². The second-order valence-corrected chi connectivity index (χ2v) is 8.06. The zero-order valence-electron chi connectivity index (χ0n) is 16.8. The number of nitrogens with one attached hydrogen (secondary N) is 1. The van der Waals surface area contributed by atoms with Gasteiger partial charge in [0, 0.05) is 35.4 Å². The molecule has 0 bridgehead atoms. The first-order valence-electron chi connectivity index (χ1n) is 10.2. The van der Waals surface area contributed by atoms with Crippen LogP contribution in [0.1, 0.15) is 12.8 Å². The van der Waals surface area contributed by atoms with Gasteiger partial charge in [-0.3, -0.25) is 4.79 Å². The van der Waals surface area contributed by atoms with Crippen molar-refractivity contribution in [2.75, 3.05) is 30.1 Å². The first-order valence-corrected chi connectivity index (χ1v) is 10.6. The molecule has 1 atom stereocenters. The lowest BCUT2D eigenvalue weighted by molar-refractivity contribution is -0.120. The van der Waals surface area contributed by atoms with Crippen LogP contribution in [-0.2, 0) is 4.79 Å². The summed E-state index contributed by atoms with van der Waals surface area (Å²) < 4.78 is 10.7. The van der Waals surface area contributed by atoms with Crippen molar-refractivity contribution in [1.82, 2.24) is 10.2 Å². The maximum Gasteiger partial charge on any atom is 0.231 e. The van der Waals surface area contributed by atoms with Crippen molar-refractivity contribution in [2.45, 2.75) is 12.8 Å². The van der Waals surface area contributed by atoms with Crippen LogP contribution in [0.5, 0.6) is 11.5 Å². The van der Waals surface area contributed by atoms with Gasteiger partial charge in [0.25, 0.3) is 0 Å². The number of halogens is 1. The van der Waals surface area contributed by atoms with E-state index in [-0.39, 0.29) is 18.6 Å². The number of hydrogen-bond acceptors (Lipinski definition) is 6. The predicted molar refractivity (Wildman–Crippen MR) is 119 cm³/mol. The Labute approximate surface area is 184 Å². The van der Waals surface area contributed by atoms with Gasteiger partial charge in [-0.15, -0.1) is 10.2 Å². The largest absolute Gasteiger partial charge is 0.454 e. The first-order chi connectivity index (χ1) is 15.2. The molecule has 2 aliphatic heterocycles. The van der Waals surface area contributed by atoms with Crippen molar-refractivity contribution in [3.63, 3.8) is 0 Å². The quantitative estimate of drug-likeness (QED) is 0.654. The van der Waals surface area contributed by atoms with Crippen LogP contribution in [0.15, 0.2) is 54.6 Å². The Morgan fingerprint density at radius 2 is 1.87 bits per heavy atom. The number of rotatable bonds is 4. The topological polar surface area (TPSA) is 76.6 Å². The minimum atomic E-state index is -0.128. The molecule has 0 spiro atoms. The van der Waals surface area contributed by atoms with E-state index >= 15 is 0 Å². The van der Waals surface area contributed by atoms with Gasteiger partial charge in [0.05, 0.1) is 11.6 Å². The molecule has 3 aromatic rings. The number of amides is 1. The zero-order chi connectivity index (χ0) is 21.2. The van der Waals surface area contributed by atoms with Crippen LogP contribution in [0.3, 0.4) is 0 Å². The Kier molecular flexibility index (Phi) is 5.34. The monoisotopic (exact) mass is 436 g/mol. The summed E-state index contributed by atoms with van der Waals surface area (Å²) in [6, 6.07) is 16.8. The summed E-state index contributed by atoms with van der Waals surface area (Å²) in [4.78, 5) is 15.0. The predicted octanol–water partition coefficient (Wildman–Crippen LogP) is 4.38. The van der Waals surface area contributed by atoms with E-state index in [1.54, 1.807) is 6.07 Å². The fraction of sp³-hybridized carbons (Fsp3) is 0.261. The summed E-state index contributed by atoms with van der Waals surface area (Å²) in [5, 5.41) is 12.5. The second-order valence-electron chi connectivity index (χ2n) is 7.63. The molecule has 1 N–H and O–H groups in total. The fourth-order valence-electron chi connectivity index (χ4n) is 3.89. The van der Waals surface area contributed by atoms with Gasteiger partial charge < -0.3 is 19.7 Å². The highest BCUT2D eigenvalue weighted by Gasteiger charge is 2.27. The molecule has 2 aliphatic rings. The third-order valence-electron chi connectivity index (χ3n) is 5.55. The van der Waals surface area contributed by atoms with Crippen LogP contribution in [0, 0.1) is 5.92 Å². The Morgan fingerprint density at radius 3 is 2.68 bits per heavy atom. The lowest BCUT2D eigenvalue weighted by atomic mass is 9.97. The van der Waals surface area contributed by atoms with Crippen molar-refractivity contribution in [2.24, 2.45) is 5.92 Å². The molecule has 1 aromatic heterocycles. The van der Waals surface area contributed by atoms with E-state index < -0.39 is 0 Å². The smallest absolute Gasteiger partial charge is 0.231 e. The number of nitrogens with zero attached hydrogens (tertiary/aromatic N) is 3. The molecule has 0 aliphatic carbocycles. The van der Waals surface area contributed by atoms with Gasteiger partial charge in [0.1, 0.15) is 0 Å². The van der Waals surface area contributed by atoms with Gasteiger partial charge >= 0.3 is 0 Å². The Hall–Kier alpha value is -3.32. The summed E-state index contributed by atoms with van der Waals surface area (Å²) in [5.74, 6) is 1.99. The fourth-order valence-corrected chi connectivity index (χ4v) is 4.01. The zero-order valence-corrected chi connectivity index (χ0v) is 17.5. The Bertz CT molecular complexity index is 1090. The highest BCUT2D eigenvalue weighted by molar-refractivity contribution is 6.30. The molecule has 5 rings (SSSR count). The van der Waals surface area contributed by atoms with E-state index in [9.17, 15) is 4.79 Å². The van der Waals surface area contributed by atoms with Crippen molar-refractivity contribution in [1.29, 1.82) is 0 Å². The van der Waals surface area contributed by atoms with E-state index in [1.165, 1.54) is 0 Å². The molecule has 158 valence electrons. The molecule has 1 amide bonds. The average Bonchev–Trinajstić information content (AvgIpc) is 3.28. The molecule has 1 fully saturated rings. The van der Waals surface area contributed by atoms with E-state index in [0.29, 0.717) is 28.8 Å². The number of carbonyl (C=O) groups is 1. The number of ether oxygens (including phenoxy) is 2. The van der Waals surface area contributed by atoms with Crippen LogP contribution in [0.4, 0.5) is 11.5 Å². The third kappa shape index (κ3) is 4.27. The normalized spacial score (nSPS) is 17.5. The molecular weight excluding hydrogens is 416 g/mol. The Balaban J connectivity index is 1.24. The van der Waals surface area contributed by atoms with Crippen molar-refractivity contribution >= 4 is 29.0 Å². The van der Waals surface area contributed by atoms with Gasteiger partial charge in [-0.1, -0.05) is 23.7 Å². The molecule has 1 saturated heterocycles. The highest BCUT2D eigenvalue weighted by Crippen LogP contribution is 2.34. The molecule has 2 aromatic carbocycles. The highest BCUT2D eigenvalue weighted by atomic mass is 35.5. The number of fused-ring (bicyclic) bond motifs is 1. The van der Waals surface area contributed by atoms with Crippen molar-refractivity contribution in [3.8, 4) is 22.8 Å². The maximum atomic E-state index is 12.9. The van der Waals surface area contributed by atoms with Crippen LogP contribution < -0.4 is 19.7 Å². The summed E-state index contributed by atoms with van der Waals surface area (Å²) in [7, 11) is 0. The SMILES string of the molecule is O=C(Nc1ccc2c(c1)OCO2)C1CCCN(c2ccc(-c3ccc(Cl)cc3)nn2)C1. The number of anilines is 2. The molecular formula is C23H21ClN4O3. The van der Waals surface area contributed by atoms with Gasteiger partial charge in [0.2, 0.25) is 12.7 Å². The third-order valence-corrected chi connectivity index (χ3v) is 5.80. The minimum Gasteiger partial charge on any atom is -0.454 e. The minimum absolute atomic E-state index is 0.00527. The average molecular weight is 437 g/mol. The van der Waals surface area contributed by atoms with E-state index in [4.69, 9.17) is 21.1 Å². The summed E-state index contributed by atoms with van der Waals surface area (Å²) >= 11 is 5.95. The molecule has 0 radical (unpaired) electrons. The van der Waals surface area contributed by atoms with Crippen LogP contribution >= 0.6 is 11.6 Å². The lowest BCUT2D eigenvalue weighted by Crippen LogP contribution is -2.41. The summed E-state index contributed by atoms with van der Waals surface area (Å²) in [6.45, 7) is 1.66. The summed E-state index contributed by atoms with van der Waals surface area (Å²) in [5.41, 5.74) is 2.45. The van der Waals surface area contributed by atoms with Gasteiger partial charge in [0.15, 0.2) is 17.3 Å². The lowest BCUT2D eigenvalue weighted by Gasteiger charge is -2.32.